The number of aryl methyl sites for hydroxylation is 1. The molecule has 4 heteroatoms. The highest BCUT2D eigenvalue weighted by Gasteiger charge is 2.12. The van der Waals surface area contributed by atoms with Crippen molar-refractivity contribution >= 4 is 27.6 Å². The monoisotopic (exact) mass is 358 g/mol. The van der Waals surface area contributed by atoms with Crippen LogP contribution < -0.4 is 5.32 Å². The summed E-state index contributed by atoms with van der Waals surface area (Å²) in [5, 5.41) is 16.6. The molecule has 0 spiro atoms. The van der Waals surface area contributed by atoms with E-state index in [0.29, 0.717) is 6.42 Å². The number of fused-ring (bicyclic) bond motifs is 2. The summed E-state index contributed by atoms with van der Waals surface area (Å²) in [6, 6.07) is 21.9. The minimum absolute atomic E-state index is 0.0915. The van der Waals surface area contributed by atoms with Crippen molar-refractivity contribution < 1.29 is 9.90 Å². The summed E-state index contributed by atoms with van der Waals surface area (Å²) in [5.41, 5.74) is 2.91. The van der Waals surface area contributed by atoms with Crippen molar-refractivity contribution in [2.75, 3.05) is 6.54 Å². The van der Waals surface area contributed by atoms with Crippen molar-refractivity contribution in [1.82, 2.24) is 9.88 Å². The number of nitrogens with one attached hydrogen (secondary N) is 1. The number of hydrogen-bond donors (Lipinski definition) is 2. The Morgan fingerprint density at radius 2 is 1.85 bits per heavy atom. The van der Waals surface area contributed by atoms with Crippen LogP contribution in [0, 0.1) is 0 Å². The molecule has 0 bridgehead atoms. The van der Waals surface area contributed by atoms with Crippen molar-refractivity contribution in [3.63, 3.8) is 0 Å². The van der Waals surface area contributed by atoms with Gasteiger partial charge in [0.2, 0.25) is 5.91 Å². The van der Waals surface area contributed by atoms with Crippen molar-refractivity contribution in [3.8, 4) is 0 Å². The summed E-state index contributed by atoms with van der Waals surface area (Å²) < 4.78 is 2.04. The van der Waals surface area contributed by atoms with Gasteiger partial charge in [0.05, 0.1) is 12.5 Å². The smallest absolute Gasteiger partial charge is 0.224 e. The van der Waals surface area contributed by atoms with Crippen LogP contribution in [0.15, 0.2) is 72.9 Å². The number of carbonyl (C=O) groups is 1. The maximum absolute atomic E-state index is 12.4. The first kappa shape index (κ1) is 17.3. The first-order chi connectivity index (χ1) is 13.1. The van der Waals surface area contributed by atoms with E-state index in [9.17, 15) is 9.90 Å². The minimum atomic E-state index is -0.730. The van der Waals surface area contributed by atoms with Crippen LogP contribution in [0.5, 0.6) is 0 Å². The van der Waals surface area contributed by atoms with E-state index in [4.69, 9.17) is 0 Å². The van der Waals surface area contributed by atoms with Gasteiger partial charge in [0, 0.05) is 25.3 Å². The van der Waals surface area contributed by atoms with Gasteiger partial charge >= 0.3 is 0 Å². The second-order valence-electron chi connectivity index (χ2n) is 6.88. The first-order valence-electron chi connectivity index (χ1n) is 9.08. The molecule has 0 aliphatic carbocycles. The summed E-state index contributed by atoms with van der Waals surface area (Å²) in [5.74, 6) is -0.0915. The molecule has 4 nitrogen and oxygen atoms in total. The van der Waals surface area contributed by atoms with Crippen LogP contribution in [0.4, 0.5) is 0 Å². The fourth-order valence-electron chi connectivity index (χ4n) is 3.52. The molecular formula is C23H22N2O2. The molecule has 4 aromatic rings. The normalized spacial score (nSPS) is 12.4. The number of hydrogen-bond acceptors (Lipinski definition) is 2. The minimum Gasteiger partial charge on any atom is -0.387 e. The number of amides is 1. The number of aliphatic hydroxyl groups excluding tert-OH is 1. The Hall–Kier alpha value is -3.11. The van der Waals surface area contributed by atoms with Gasteiger partial charge in [-0.15, -0.1) is 0 Å². The number of carbonyl (C=O) groups excluding carboxylic acids is 1. The Balaban J connectivity index is 1.42. The lowest BCUT2D eigenvalue weighted by molar-refractivity contribution is -0.120. The fraction of sp³-hybridized carbons (Fsp3) is 0.174. The highest BCUT2D eigenvalue weighted by molar-refractivity contribution is 5.90. The fourth-order valence-corrected chi connectivity index (χ4v) is 3.52. The van der Waals surface area contributed by atoms with Gasteiger partial charge in [0.15, 0.2) is 0 Å². The summed E-state index contributed by atoms with van der Waals surface area (Å²) in [6.45, 7) is 0.196. The molecule has 4 rings (SSSR count). The van der Waals surface area contributed by atoms with Gasteiger partial charge in [-0.3, -0.25) is 4.79 Å². The number of rotatable bonds is 5. The molecule has 0 saturated heterocycles. The molecule has 0 aliphatic heterocycles. The third-order valence-electron chi connectivity index (χ3n) is 5.02. The molecule has 136 valence electrons. The zero-order valence-corrected chi connectivity index (χ0v) is 15.2. The zero-order chi connectivity index (χ0) is 18.8. The van der Waals surface area contributed by atoms with Crippen LogP contribution in [0.1, 0.15) is 17.2 Å². The van der Waals surface area contributed by atoms with Crippen molar-refractivity contribution in [3.05, 3.63) is 84.1 Å². The summed E-state index contributed by atoms with van der Waals surface area (Å²) in [6.07, 6.45) is 1.56. The molecule has 0 unspecified atom stereocenters. The van der Waals surface area contributed by atoms with Gasteiger partial charge in [0.1, 0.15) is 0 Å². The topological polar surface area (TPSA) is 54.3 Å². The summed E-state index contributed by atoms with van der Waals surface area (Å²) in [7, 11) is 1.99. The lowest BCUT2D eigenvalue weighted by Gasteiger charge is -2.13. The van der Waals surface area contributed by atoms with Crippen LogP contribution in [0.25, 0.3) is 21.7 Å². The van der Waals surface area contributed by atoms with Gasteiger partial charge in [-0.1, -0.05) is 48.5 Å². The van der Waals surface area contributed by atoms with E-state index in [1.807, 2.05) is 84.5 Å². The van der Waals surface area contributed by atoms with Gasteiger partial charge in [-0.2, -0.15) is 0 Å². The van der Waals surface area contributed by atoms with Crippen LogP contribution >= 0.6 is 0 Å². The molecule has 0 radical (unpaired) electrons. The van der Waals surface area contributed by atoms with E-state index in [0.717, 1.165) is 32.8 Å². The summed E-state index contributed by atoms with van der Waals surface area (Å²) in [4.78, 5) is 12.4. The second kappa shape index (κ2) is 7.25. The van der Waals surface area contributed by atoms with Crippen LogP contribution in [-0.4, -0.2) is 22.1 Å². The quantitative estimate of drug-likeness (QED) is 0.571. The lowest BCUT2D eigenvalue weighted by Crippen LogP contribution is -2.29. The molecule has 3 aromatic carbocycles. The standard InChI is InChI=1S/C23H22N2O2/c1-25-12-11-18-13-19(9-10-21(18)25)22(26)15-24-23(27)14-17-7-4-6-16-5-2-3-8-20(16)17/h2-13,22,26H,14-15H2,1H3,(H,24,27)/t22-/m0/s1. The number of aliphatic hydroxyl groups is 1. The third-order valence-corrected chi connectivity index (χ3v) is 5.02. The second-order valence-corrected chi connectivity index (χ2v) is 6.88. The molecule has 1 amide bonds. The Kier molecular flexibility index (Phi) is 4.65. The van der Waals surface area contributed by atoms with E-state index < -0.39 is 6.10 Å². The average molecular weight is 358 g/mol. The van der Waals surface area contributed by atoms with Crippen molar-refractivity contribution in [2.24, 2.45) is 7.05 Å². The number of aromatic nitrogens is 1. The van der Waals surface area contributed by atoms with E-state index in [-0.39, 0.29) is 12.5 Å². The van der Waals surface area contributed by atoms with Gasteiger partial charge in [-0.25, -0.2) is 0 Å². The van der Waals surface area contributed by atoms with Crippen molar-refractivity contribution in [1.29, 1.82) is 0 Å². The number of benzene rings is 3. The molecule has 0 saturated carbocycles. The third kappa shape index (κ3) is 3.57. The Morgan fingerprint density at radius 1 is 1.04 bits per heavy atom. The SMILES string of the molecule is Cn1ccc2cc([C@@H](O)CNC(=O)Cc3cccc4ccccc34)ccc21. The van der Waals surface area contributed by atoms with E-state index in [1.54, 1.807) is 0 Å². The predicted octanol–water partition coefficient (Wildman–Crippen LogP) is 3.72. The highest BCUT2D eigenvalue weighted by Crippen LogP contribution is 2.21. The van der Waals surface area contributed by atoms with E-state index in [2.05, 4.69) is 5.32 Å². The molecular weight excluding hydrogens is 336 g/mol. The van der Waals surface area contributed by atoms with Crippen LogP contribution in [0.2, 0.25) is 0 Å². The van der Waals surface area contributed by atoms with Gasteiger partial charge in [-0.05, 0) is 45.5 Å². The lowest BCUT2D eigenvalue weighted by atomic mass is 10.0. The molecule has 0 aliphatic rings. The average Bonchev–Trinajstić information content (AvgIpc) is 3.07. The van der Waals surface area contributed by atoms with Gasteiger partial charge < -0.3 is 15.0 Å². The molecule has 1 atom stereocenters. The molecule has 1 aromatic heterocycles. The Labute approximate surface area is 158 Å². The Morgan fingerprint density at radius 3 is 2.74 bits per heavy atom. The molecule has 2 N–H and O–H groups in total. The zero-order valence-electron chi connectivity index (χ0n) is 15.2. The number of nitrogens with zero attached hydrogens (tertiary/aromatic N) is 1. The highest BCUT2D eigenvalue weighted by atomic mass is 16.3. The Bertz CT molecular complexity index is 1110. The van der Waals surface area contributed by atoms with Crippen LogP contribution in [-0.2, 0) is 18.3 Å². The van der Waals surface area contributed by atoms with Crippen LogP contribution in [0.3, 0.4) is 0 Å². The van der Waals surface area contributed by atoms with Gasteiger partial charge in [0.25, 0.3) is 0 Å². The van der Waals surface area contributed by atoms with Crippen molar-refractivity contribution in [2.45, 2.75) is 12.5 Å². The van der Waals surface area contributed by atoms with E-state index >= 15 is 0 Å². The molecule has 1 heterocycles. The van der Waals surface area contributed by atoms with E-state index in [1.165, 1.54) is 0 Å². The first-order valence-corrected chi connectivity index (χ1v) is 9.08. The predicted molar refractivity (Wildman–Crippen MR) is 109 cm³/mol. The summed E-state index contributed by atoms with van der Waals surface area (Å²) >= 11 is 0. The molecule has 0 fully saturated rings. The molecule has 27 heavy (non-hydrogen) atoms. The largest absolute Gasteiger partial charge is 0.387 e. The maximum atomic E-state index is 12.4. The maximum Gasteiger partial charge on any atom is 0.224 e.